The number of methoxy groups -OCH3 is 1. The van der Waals surface area contributed by atoms with E-state index in [1.165, 1.54) is 13.2 Å². The van der Waals surface area contributed by atoms with Crippen LogP contribution in [0, 0.1) is 6.92 Å². The predicted molar refractivity (Wildman–Crippen MR) is 90.0 cm³/mol. The Labute approximate surface area is 140 Å². The second-order valence-electron chi connectivity index (χ2n) is 4.30. The van der Waals surface area contributed by atoms with E-state index in [1.807, 2.05) is 24.3 Å². The van der Waals surface area contributed by atoms with Crippen LogP contribution in [0.1, 0.15) is 20.9 Å². The van der Waals surface area contributed by atoms with Gasteiger partial charge in [-0.1, -0.05) is 39.4 Å². The molecular weight excluding hydrogens is 368 g/mol. The topological polar surface area (TPSA) is 68.3 Å². The fourth-order valence-corrected chi connectivity index (χ4v) is 2.78. The molecule has 1 N–H and O–H groups in total. The molecule has 0 unspecified atom stereocenters. The van der Waals surface area contributed by atoms with Crippen molar-refractivity contribution in [2.75, 3.05) is 12.4 Å². The highest BCUT2D eigenvalue weighted by Crippen LogP contribution is 2.23. The second kappa shape index (κ2) is 7.33. The summed E-state index contributed by atoms with van der Waals surface area (Å²) in [6, 6.07) is 7.56. The van der Waals surface area contributed by atoms with Crippen LogP contribution < -0.4 is 5.32 Å². The Kier molecular flexibility index (Phi) is 5.46. The first-order chi connectivity index (χ1) is 10.5. The zero-order chi connectivity index (χ0) is 16.1. The molecule has 0 aliphatic carbocycles. The summed E-state index contributed by atoms with van der Waals surface area (Å²) in [5.41, 5.74) is 1.44. The molecule has 0 saturated heterocycles. The van der Waals surface area contributed by atoms with E-state index in [0.717, 1.165) is 21.4 Å². The molecule has 1 amide bonds. The molecule has 0 atom stereocenters. The molecule has 0 aliphatic heterocycles. The van der Waals surface area contributed by atoms with E-state index in [4.69, 9.17) is 0 Å². The number of carbonyl (C=O) groups excluding carboxylic acids is 2. The second-order valence-corrected chi connectivity index (χ2v) is 6.21. The first kappa shape index (κ1) is 16.4. The molecule has 0 spiro atoms. The number of thiazole rings is 1. The molecule has 0 aliphatic rings. The van der Waals surface area contributed by atoms with Gasteiger partial charge in [-0.3, -0.25) is 10.1 Å². The van der Waals surface area contributed by atoms with Crippen molar-refractivity contribution in [2.45, 2.75) is 6.92 Å². The highest BCUT2D eigenvalue weighted by Gasteiger charge is 2.16. The van der Waals surface area contributed by atoms with Crippen molar-refractivity contribution in [1.82, 2.24) is 4.98 Å². The smallest absolute Gasteiger partial charge is 0.350 e. The van der Waals surface area contributed by atoms with Gasteiger partial charge in [-0.05, 0) is 30.7 Å². The molecule has 7 heteroatoms. The number of esters is 1. The van der Waals surface area contributed by atoms with Crippen molar-refractivity contribution in [3.05, 3.63) is 50.9 Å². The predicted octanol–water partition coefficient (Wildman–Crippen LogP) is 3.65. The van der Waals surface area contributed by atoms with Crippen LogP contribution >= 0.6 is 27.3 Å². The average Bonchev–Trinajstić information content (AvgIpc) is 2.86. The van der Waals surface area contributed by atoms with E-state index in [0.29, 0.717) is 15.7 Å². The molecule has 2 rings (SSSR count). The van der Waals surface area contributed by atoms with Gasteiger partial charge in [0.05, 0.1) is 12.8 Å². The van der Waals surface area contributed by atoms with Crippen LogP contribution in [0.5, 0.6) is 0 Å². The Hall–Kier alpha value is -1.99. The van der Waals surface area contributed by atoms with Crippen LogP contribution in [0.2, 0.25) is 0 Å². The van der Waals surface area contributed by atoms with Gasteiger partial charge in [-0.2, -0.15) is 0 Å². The Morgan fingerprint density at radius 2 is 2.00 bits per heavy atom. The molecule has 1 aromatic carbocycles. The van der Waals surface area contributed by atoms with Crippen molar-refractivity contribution in [1.29, 1.82) is 0 Å². The highest BCUT2D eigenvalue weighted by molar-refractivity contribution is 9.10. The lowest BCUT2D eigenvalue weighted by molar-refractivity contribution is -0.111. The van der Waals surface area contributed by atoms with Gasteiger partial charge in [-0.25, -0.2) is 9.78 Å². The van der Waals surface area contributed by atoms with Crippen LogP contribution in [0.25, 0.3) is 6.08 Å². The van der Waals surface area contributed by atoms with Crippen LogP contribution in [-0.4, -0.2) is 24.0 Å². The maximum Gasteiger partial charge on any atom is 0.350 e. The lowest BCUT2D eigenvalue weighted by atomic mass is 10.2. The summed E-state index contributed by atoms with van der Waals surface area (Å²) in [4.78, 5) is 27.9. The van der Waals surface area contributed by atoms with Crippen LogP contribution in [0.15, 0.2) is 34.8 Å². The minimum absolute atomic E-state index is 0.312. The van der Waals surface area contributed by atoms with Gasteiger partial charge < -0.3 is 4.74 Å². The van der Waals surface area contributed by atoms with Crippen LogP contribution in [0.3, 0.4) is 0 Å². The third-order valence-electron chi connectivity index (χ3n) is 2.69. The van der Waals surface area contributed by atoms with Crippen molar-refractivity contribution >= 4 is 50.4 Å². The zero-order valence-electron chi connectivity index (χ0n) is 11.9. The molecular formula is C15H13BrN2O3S. The third-order valence-corrected chi connectivity index (χ3v) is 4.28. The first-order valence-electron chi connectivity index (χ1n) is 6.30. The van der Waals surface area contributed by atoms with Gasteiger partial charge in [0.1, 0.15) is 4.88 Å². The van der Waals surface area contributed by atoms with Crippen molar-refractivity contribution in [3.8, 4) is 0 Å². The summed E-state index contributed by atoms with van der Waals surface area (Å²) in [7, 11) is 1.31. The van der Waals surface area contributed by atoms with E-state index < -0.39 is 5.97 Å². The van der Waals surface area contributed by atoms with E-state index in [1.54, 1.807) is 13.0 Å². The van der Waals surface area contributed by atoms with Crippen molar-refractivity contribution in [2.24, 2.45) is 0 Å². The Balaban J connectivity index is 2.03. The van der Waals surface area contributed by atoms with Gasteiger partial charge in [0.2, 0.25) is 5.91 Å². The third kappa shape index (κ3) is 4.25. The number of anilines is 1. The number of aryl methyl sites for hydroxylation is 1. The molecule has 22 heavy (non-hydrogen) atoms. The fourth-order valence-electron chi connectivity index (χ4n) is 1.62. The normalized spacial score (nSPS) is 10.7. The number of halogens is 1. The fraction of sp³-hybridized carbons (Fsp3) is 0.133. The highest BCUT2D eigenvalue weighted by atomic mass is 79.9. The van der Waals surface area contributed by atoms with Crippen molar-refractivity contribution < 1.29 is 14.3 Å². The summed E-state index contributed by atoms with van der Waals surface area (Å²) in [5.74, 6) is -0.769. The summed E-state index contributed by atoms with van der Waals surface area (Å²) in [6.07, 6.45) is 3.11. The van der Waals surface area contributed by atoms with Gasteiger partial charge in [0, 0.05) is 10.5 Å². The Bertz CT molecular complexity index is 723. The number of ether oxygens (including phenoxy) is 1. The minimum atomic E-state index is -0.457. The molecule has 0 bridgehead atoms. The number of rotatable bonds is 4. The summed E-state index contributed by atoms with van der Waals surface area (Å²) in [6.45, 7) is 1.69. The number of nitrogens with zero attached hydrogens (tertiary/aromatic N) is 1. The SMILES string of the molecule is COC(=O)c1sc(NC(=O)C=Cc2ccc(Br)cc2)nc1C. The molecule has 1 heterocycles. The quantitative estimate of drug-likeness (QED) is 0.649. The maximum absolute atomic E-state index is 11.9. The van der Waals surface area contributed by atoms with Crippen molar-refractivity contribution in [3.63, 3.8) is 0 Å². The number of benzene rings is 1. The van der Waals surface area contributed by atoms with E-state index in [2.05, 4.69) is 31.0 Å². The van der Waals surface area contributed by atoms with E-state index in [-0.39, 0.29) is 5.91 Å². The number of nitrogens with one attached hydrogen (secondary N) is 1. The largest absolute Gasteiger partial charge is 0.465 e. The lowest BCUT2D eigenvalue weighted by Gasteiger charge is -1.96. The standard InChI is InChI=1S/C15H13BrN2O3S/c1-9-13(14(20)21-2)22-15(17-9)18-12(19)8-5-10-3-6-11(16)7-4-10/h3-8H,1-2H3,(H,17,18,19). The van der Waals surface area contributed by atoms with E-state index >= 15 is 0 Å². The summed E-state index contributed by atoms with van der Waals surface area (Å²) < 4.78 is 5.63. The minimum Gasteiger partial charge on any atom is -0.465 e. The van der Waals surface area contributed by atoms with Gasteiger partial charge in [0.15, 0.2) is 5.13 Å². The van der Waals surface area contributed by atoms with Crippen LogP contribution in [0.4, 0.5) is 5.13 Å². The summed E-state index contributed by atoms with van der Waals surface area (Å²) in [5, 5.41) is 2.99. The van der Waals surface area contributed by atoms with Gasteiger partial charge in [0.25, 0.3) is 0 Å². The molecule has 1 aromatic heterocycles. The molecule has 0 saturated carbocycles. The maximum atomic E-state index is 11.9. The van der Waals surface area contributed by atoms with Gasteiger partial charge in [-0.15, -0.1) is 0 Å². The molecule has 0 fully saturated rings. The number of amides is 1. The van der Waals surface area contributed by atoms with Gasteiger partial charge >= 0.3 is 5.97 Å². The molecule has 5 nitrogen and oxygen atoms in total. The number of hydrogen-bond acceptors (Lipinski definition) is 5. The number of carbonyl (C=O) groups is 2. The summed E-state index contributed by atoms with van der Waals surface area (Å²) >= 11 is 4.43. The molecule has 114 valence electrons. The lowest BCUT2D eigenvalue weighted by Crippen LogP contribution is -2.07. The Morgan fingerprint density at radius 3 is 2.64 bits per heavy atom. The molecule has 2 aromatic rings. The zero-order valence-corrected chi connectivity index (χ0v) is 14.3. The first-order valence-corrected chi connectivity index (χ1v) is 7.91. The number of aromatic nitrogens is 1. The van der Waals surface area contributed by atoms with E-state index in [9.17, 15) is 9.59 Å². The monoisotopic (exact) mass is 380 g/mol. The van der Waals surface area contributed by atoms with Crippen LogP contribution in [-0.2, 0) is 9.53 Å². The number of hydrogen-bond donors (Lipinski definition) is 1. The molecule has 0 radical (unpaired) electrons. The average molecular weight is 381 g/mol. The Morgan fingerprint density at radius 1 is 1.32 bits per heavy atom.